The second-order valence-corrected chi connectivity index (χ2v) is 14.3. The quantitative estimate of drug-likeness (QED) is 0.172. The first-order chi connectivity index (χ1) is 27.7. The number of nitrogens with zero attached hydrogens (tertiary/aromatic N) is 2. The van der Waals surface area contributed by atoms with Crippen LogP contribution < -0.4 is 0 Å². The van der Waals surface area contributed by atoms with E-state index in [4.69, 9.17) is 9.40 Å². The van der Waals surface area contributed by atoms with Gasteiger partial charge in [0, 0.05) is 43.9 Å². The fourth-order valence-corrected chi connectivity index (χ4v) is 8.26. The van der Waals surface area contributed by atoms with Crippen LogP contribution in [0.5, 0.6) is 0 Å². The normalized spacial score (nSPS) is 11.6. The van der Waals surface area contributed by atoms with Gasteiger partial charge in [0.1, 0.15) is 11.2 Å². The molecule has 56 heavy (non-hydrogen) atoms. The smallest absolute Gasteiger partial charge is 0.143 e. The number of rotatable bonds is 6. The number of aromatic nitrogens is 2. The number of para-hydroxylation sites is 3. The average molecular weight is 715 g/mol. The Morgan fingerprint density at radius 3 is 1.61 bits per heavy atom. The molecule has 0 aliphatic rings. The van der Waals surface area contributed by atoms with Crippen LogP contribution in [0.25, 0.3) is 105 Å². The Bertz CT molecular complexity index is 3150. The van der Waals surface area contributed by atoms with Gasteiger partial charge in [-0.15, -0.1) is 0 Å². The van der Waals surface area contributed by atoms with Crippen LogP contribution in [-0.4, -0.2) is 9.55 Å². The van der Waals surface area contributed by atoms with Gasteiger partial charge in [0.2, 0.25) is 0 Å². The van der Waals surface area contributed by atoms with E-state index in [2.05, 4.69) is 187 Å². The Labute approximate surface area is 324 Å². The van der Waals surface area contributed by atoms with Crippen molar-refractivity contribution >= 4 is 43.7 Å². The van der Waals surface area contributed by atoms with Gasteiger partial charge in [-0.2, -0.15) is 0 Å². The molecule has 0 unspecified atom stereocenters. The highest BCUT2D eigenvalue weighted by Crippen LogP contribution is 2.39. The molecule has 0 aliphatic heterocycles. The van der Waals surface area contributed by atoms with Crippen molar-refractivity contribution in [2.75, 3.05) is 0 Å². The van der Waals surface area contributed by atoms with Gasteiger partial charge >= 0.3 is 0 Å². The molecule has 3 heterocycles. The van der Waals surface area contributed by atoms with E-state index in [1.807, 2.05) is 24.3 Å². The first kappa shape index (κ1) is 32.0. The summed E-state index contributed by atoms with van der Waals surface area (Å²) in [6.07, 6.45) is 0. The number of furan rings is 1. The lowest BCUT2D eigenvalue weighted by molar-refractivity contribution is 0.670. The zero-order valence-corrected chi connectivity index (χ0v) is 30.4. The van der Waals surface area contributed by atoms with Crippen LogP contribution >= 0.6 is 0 Å². The second-order valence-electron chi connectivity index (χ2n) is 14.3. The van der Waals surface area contributed by atoms with E-state index in [1.165, 1.54) is 32.9 Å². The lowest BCUT2D eigenvalue weighted by atomic mass is 9.97. The van der Waals surface area contributed by atoms with Gasteiger partial charge in [-0.1, -0.05) is 158 Å². The molecule has 3 heteroatoms. The molecule has 0 aliphatic carbocycles. The Morgan fingerprint density at radius 2 is 0.893 bits per heavy atom. The number of hydrogen-bond donors (Lipinski definition) is 0. The van der Waals surface area contributed by atoms with E-state index in [9.17, 15) is 0 Å². The maximum absolute atomic E-state index is 6.37. The van der Waals surface area contributed by atoms with E-state index in [-0.39, 0.29) is 0 Å². The van der Waals surface area contributed by atoms with Gasteiger partial charge in [-0.3, -0.25) is 0 Å². The molecule has 0 spiro atoms. The summed E-state index contributed by atoms with van der Waals surface area (Å²) in [7, 11) is 0. The van der Waals surface area contributed by atoms with Crippen molar-refractivity contribution in [1.29, 1.82) is 0 Å². The van der Waals surface area contributed by atoms with E-state index < -0.39 is 0 Å². The highest BCUT2D eigenvalue weighted by Gasteiger charge is 2.16. The maximum Gasteiger partial charge on any atom is 0.143 e. The summed E-state index contributed by atoms with van der Waals surface area (Å²) in [5, 5.41) is 4.75. The molecule has 0 fully saturated rings. The molecular weight excluding hydrogens is 681 g/mol. The molecular formula is C53H34N2O. The lowest BCUT2D eigenvalue weighted by Crippen LogP contribution is -1.93. The largest absolute Gasteiger partial charge is 0.455 e. The van der Waals surface area contributed by atoms with Crippen LogP contribution in [0.2, 0.25) is 0 Å². The van der Waals surface area contributed by atoms with E-state index in [1.54, 1.807) is 0 Å². The first-order valence-electron chi connectivity index (χ1n) is 19.0. The molecule has 8 aromatic carbocycles. The maximum atomic E-state index is 6.37. The third-order valence-corrected chi connectivity index (χ3v) is 11.0. The lowest BCUT2D eigenvalue weighted by Gasteiger charge is -2.11. The van der Waals surface area contributed by atoms with Crippen molar-refractivity contribution in [3.05, 3.63) is 206 Å². The van der Waals surface area contributed by atoms with Crippen molar-refractivity contribution in [3.63, 3.8) is 0 Å². The van der Waals surface area contributed by atoms with Gasteiger partial charge < -0.3 is 8.98 Å². The Hall–Kier alpha value is -7.49. The molecule has 0 bridgehead atoms. The van der Waals surface area contributed by atoms with Crippen molar-refractivity contribution in [3.8, 4) is 61.6 Å². The van der Waals surface area contributed by atoms with Crippen molar-refractivity contribution in [2.45, 2.75) is 0 Å². The molecule has 0 radical (unpaired) electrons. The zero-order chi connectivity index (χ0) is 37.0. The standard InChI is InChI=1S/C53H34N2O/c1-3-12-38(13-4-1)48-33-41(34-49(54-48)39-14-5-2-6-15-39)36-24-22-35(23-25-36)40-28-31-51-47(32-40)44-16-7-9-20-50(44)55(51)42-29-26-37(27-30-42)43-18-11-19-46-45-17-8-10-21-52(45)56-53(43)46/h1-34H. The molecule has 0 saturated carbocycles. The highest BCUT2D eigenvalue weighted by atomic mass is 16.3. The molecule has 0 saturated heterocycles. The van der Waals surface area contributed by atoms with Crippen LogP contribution in [-0.2, 0) is 0 Å². The van der Waals surface area contributed by atoms with Gasteiger partial charge in [0.15, 0.2) is 0 Å². The Balaban J connectivity index is 0.955. The molecule has 3 nitrogen and oxygen atoms in total. The predicted octanol–water partition coefficient (Wildman–Crippen LogP) is 14.4. The van der Waals surface area contributed by atoms with Crippen LogP contribution in [0.15, 0.2) is 211 Å². The molecule has 0 amide bonds. The highest BCUT2D eigenvalue weighted by molar-refractivity contribution is 6.11. The zero-order valence-electron chi connectivity index (χ0n) is 30.4. The summed E-state index contributed by atoms with van der Waals surface area (Å²) in [5.41, 5.74) is 16.3. The summed E-state index contributed by atoms with van der Waals surface area (Å²) < 4.78 is 8.74. The molecule has 0 atom stereocenters. The molecule has 11 rings (SSSR count). The molecule has 11 aromatic rings. The molecule has 262 valence electrons. The molecule has 3 aromatic heterocycles. The SMILES string of the molecule is c1ccc(-c2cc(-c3ccc(-c4ccc5c(c4)c4ccccc4n5-c4ccc(-c5cccc6c5oc5ccccc56)cc4)cc3)cc(-c3ccccc3)n2)cc1. The van der Waals surface area contributed by atoms with Gasteiger partial charge in [0.25, 0.3) is 0 Å². The monoisotopic (exact) mass is 714 g/mol. The first-order valence-corrected chi connectivity index (χ1v) is 19.0. The van der Waals surface area contributed by atoms with Crippen LogP contribution in [0, 0.1) is 0 Å². The van der Waals surface area contributed by atoms with Gasteiger partial charge in [-0.05, 0) is 76.3 Å². The van der Waals surface area contributed by atoms with Crippen LogP contribution in [0.3, 0.4) is 0 Å². The van der Waals surface area contributed by atoms with Crippen LogP contribution in [0.1, 0.15) is 0 Å². The van der Waals surface area contributed by atoms with E-state index in [0.717, 1.165) is 72.4 Å². The number of hydrogen-bond acceptors (Lipinski definition) is 2. The minimum absolute atomic E-state index is 0.913. The summed E-state index contributed by atoms with van der Waals surface area (Å²) in [6, 6.07) is 73.3. The summed E-state index contributed by atoms with van der Waals surface area (Å²) in [6.45, 7) is 0. The third-order valence-electron chi connectivity index (χ3n) is 11.0. The van der Waals surface area contributed by atoms with Gasteiger partial charge in [-0.25, -0.2) is 4.98 Å². The molecule has 0 N–H and O–H groups in total. The second kappa shape index (κ2) is 13.1. The summed E-state index contributed by atoms with van der Waals surface area (Å²) in [4.78, 5) is 5.07. The fraction of sp³-hybridized carbons (Fsp3) is 0. The van der Waals surface area contributed by atoms with Crippen molar-refractivity contribution in [2.24, 2.45) is 0 Å². The predicted molar refractivity (Wildman–Crippen MR) is 233 cm³/mol. The third kappa shape index (κ3) is 5.40. The van der Waals surface area contributed by atoms with Crippen LogP contribution in [0.4, 0.5) is 0 Å². The van der Waals surface area contributed by atoms with Crippen molar-refractivity contribution < 1.29 is 4.42 Å². The number of pyridine rings is 1. The van der Waals surface area contributed by atoms with Crippen molar-refractivity contribution in [1.82, 2.24) is 9.55 Å². The Morgan fingerprint density at radius 1 is 0.339 bits per heavy atom. The minimum Gasteiger partial charge on any atom is -0.455 e. The number of benzene rings is 8. The summed E-state index contributed by atoms with van der Waals surface area (Å²) >= 11 is 0. The Kier molecular flexibility index (Phi) is 7.49. The fourth-order valence-electron chi connectivity index (χ4n) is 8.26. The van der Waals surface area contributed by atoms with E-state index in [0.29, 0.717) is 0 Å². The van der Waals surface area contributed by atoms with E-state index >= 15 is 0 Å². The minimum atomic E-state index is 0.913. The number of fused-ring (bicyclic) bond motifs is 6. The average Bonchev–Trinajstić information content (AvgIpc) is 3.83. The topological polar surface area (TPSA) is 31.0 Å². The summed E-state index contributed by atoms with van der Waals surface area (Å²) in [5.74, 6) is 0. The van der Waals surface area contributed by atoms with Gasteiger partial charge in [0.05, 0.1) is 22.4 Å².